The molecule has 2 unspecified atom stereocenters. The number of halogens is 7. The van der Waals surface area contributed by atoms with Gasteiger partial charge in [0.15, 0.2) is 22.4 Å². The summed E-state index contributed by atoms with van der Waals surface area (Å²) in [6.07, 6.45) is -0.617. The van der Waals surface area contributed by atoms with E-state index >= 15 is 0 Å². The number of carboxylic acids is 5. The van der Waals surface area contributed by atoms with E-state index in [0.29, 0.717) is 110 Å². The van der Waals surface area contributed by atoms with Gasteiger partial charge in [-0.2, -0.15) is 0 Å². The lowest BCUT2D eigenvalue weighted by atomic mass is 9.75. The standard InChI is InChI=1S/2C17H15NO4.2C16H9Cl2FO3.C16H12FNO3/c1-10-3-5-12-14(7-10)18(9-16(19)20)15-8-11(22-2)4-6-13(15)17(12)21;1-10-6-7-11-13(8-10)18(9-15(19)20)12-4-3-5-14(22-2)16(12)17(11)21;17-12-4-3-9-14(15(12)18)11(6-13(20)21)10-5-7(19)1-2-8(10)16(9)22;17-10-5-4-8-13(15(10)18)9(6-12(20)21)7-2-1-3-11(19)14(7)16(8)22;1-9-2-4-11-13(6-9)18(8-15(19)20)14-7-10(17)3-5-12(14)16(11)21/h2*3-8H,9H2,1-2H3,(H,19,20);1-5,11H,6H2,(H,20,21);1-5,9H,6H2,(H,20,21);2-7H,8H2,1H3,(H,19,20). The lowest BCUT2D eigenvalue weighted by Gasteiger charge is -2.28. The molecule has 27 heteroatoms. The second kappa shape index (κ2) is 32.1. The number of hydrogen-bond donors (Lipinski definition) is 5. The first-order chi connectivity index (χ1) is 51.8. The number of ketones is 2. The number of nitrogens with zero attached hydrogens (tertiary/aromatic N) is 3. The summed E-state index contributed by atoms with van der Waals surface area (Å²) in [6, 6.07) is 43.9. The van der Waals surface area contributed by atoms with Gasteiger partial charge < -0.3 is 48.7 Å². The molecule has 2 atom stereocenters. The Hall–Kier alpha value is -12.2. The first kappa shape index (κ1) is 77.9. The number of aliphatic carboxylic acids is 5. The molecule has 13 aromatic rings. The fraction of sp³-hybridized carbons (Fsp3) is 0.146. The number of methoxy groups -OCH3 is 2. The molecule has 10 aromatic carbocycles. The van der Waals surface area contributed by atoms with Crippen LogP contribution in [0.15, 0.2) is 184 Å². The van der Waals surface area contributed by atoms with Crippen LogP contribution in [0.1, 0.15) is 95.5 Å². The molecule has 554 valence electrons. The van der Waals surface area contributed by atoms with Crippen LogP contribution >= 0.6 is 46.4 Å². The summed E-state index contributed by atoms with van der Waals surface area (Å²) >= 11 is 24.4. The van der Waals surface area contributed by atoms with Crippen molar-refractivity contribution >= 4 is 153 Å². The number of benzene rings is 10. The first-order valence-corrected chi connectivity index (χ1v) is 34.5. The number of ether oxygens (including phenoxy) is 2. The molecule has 0 fully saturated rings. The highest BCUT2D eigenvalue weighted by molar-refractivity contribution is 6.44. The van der Waals surface area contributed by atoms with Crippen molar-refractivity contribution in [3.05, 3.63) is 299 Å². The van der Waals surface area contributed by atoms with E-state index in [-0.39, 0.29) is 85.8 Å². The third kappa shape index (κ3) is 15.7. The van der Waals surface area contributed by atoms with E-state index in [2.05, 4.69) is 0 Å². The van der Waals surface area contributed by atoms with Crippen LogP contribution in [0.2, 0.25) is 20.1 Å². The number of hydrogen-bond acceptors (Lipinski definition) is 12. The largest absolute Gasteiger partial charge is 0.497 e. The predicted octanol–water partition coefficient (Wildman–Crippen LogP) is 16.4. The molecule has 0 saturated heterocycles. The Balaban J connectivity index is 0.000000135. The Bertz CT molecular complexity index is 6090. The summed E-state index contributed by atoms with van der Waals surface area (Å²) < 4.78 is 56.4. The summed E-state index contributed by atoms with van der Waals surface area (Å²) in [4.78, 5) is 119. The van der Waals surface area contributed by atoms with Crippen LogP contribution in [0.5, 0.6) is 11.5 Å². The summed E-state index contributed by atoms with van der Waals surface area (Å²) in [5.74, 6) is -8.07. The quantitative estimate of drug-likeness (QED) is 0.0710. The van der Waals surface area contributed by atoms with Gasteiger partial charge in [0, 0.05) is 61.5 Å². The number of aryl methyl sites for hydroxylation is 3. The zero-order valence-electron chi connectivity index (χ0n) is 58.0. The van der Waals surface area contributed by atoms with Crippen LogP contribution in [0.25, 0.3) is 65.4 Å². The number of rotatable bonds is 12. The average molecular weight is 1560 g/mol. The zero-order chi connectivity index (χ0) is 78.9. The molecule has 0 saturated carbocycles. The fourth-order valence-corrected chi connectivity index (χ4v) is 14.6. The van der Waals surface area contributed by atoms with Gasteiger partial charge in [-0.3, -0.25) is 47.9 Å². The van der Waals surface area contributed by atoms with Gasteiger partial charge in [0.1, 0.15) is 48.6 Å². The van der Waals surface area contributed by atoms with Gasteiger partial charge in [0.25, 0.3) is 0 Å². The molecule has 20 nitrogen and oxygen atoms in total. The highest BCUT2D eigenvalue weighted by Crippen LogP contribution is 2.47. The van der Waals surface area contributed by atoms with Crippen LogP contribution in [0, 0.1) is 38.2 Å². The molecule has 0 amide bonds. The number of pyridine rings is 3. The minimum absolute atomic E-state index is 0.0976. The van der Waals surface area contributed by atoms with E-state index in [4.69, 9.17) is 71.2 Å². The smallest absolute Gasteiger partial charge is 0.323 e. The fourth-order valence-electron chi connectivity index (χ4n) is 13.7. The van der Waals surface area contributed by atoms with Crippen molar-refractivity contribution in [1.82, 2.24) is 13.7 Å². The van der Waals surface area contributed by atoms with Crippen molar-refractivity contribution in [3.8, 4) is 11.5 Å². The second-order valence-corrected chi connectivity index (χ2v) is 27.0. The number of fused-ring (bicyclic) bond motifs is 10. The lowest BCUT2D eigenvalue weighted by Crippen LogP contribution is -2.23. The van der Waals surface area contributed by atoms with Crippen LogP contribution in [0.4, 0.5) is 13.2 Å². The highest BCUT2D eigenvalue weighted by atomic mass is 35.5. The van der Waals surface area contributed by atoms with Crippen molar-refractivity contribution in [2.24, 2.45) is 0 Å². The number of aromatic nitrogens is 3. The minimum atomic E-state index is -1.07. The van der Waals surface area contributed by atoms with Gasteiger partial charge in [-0.1, -0.05) is 82.8 Å². The minimum Gasteiger partial charge on any atom is -0.497 e. The SMILES string of the molecule is COc1ccc2c(=O)c3ccc(C)cc3n(CC(=O)O)c2c1.COc1cccc2c1c(=O)c1ccc(C)cc1n2CC(=O)O.Cc1ccc2c(=O)c3ccc(F)cc3n(CC(=O)O)c2c1.O=C(O)CC1c2cc(F)ccc2C(=O)c2ccc(Cl)c(Cl)c21.O=C(O)CC1c2cccc(F)c2C(=O)c2ccc(Cl)c(Cl)c21. The number of carbonyl (C=O) groups excluding carboxylic acids is 2. The van der Waals surface area contributed by atoms with Crippen LogP contribution < -0.4 is 25.8 Å². The van der Waals surface area contributed by atoms with Crippen LogP contribution in [-0.2, 0) is 43.6 Å². The van der Waals surface area contributed by atoms with Gasteiger partial charge in [-0.25, -0.2) is 13.2 Å². The average Bonchev–Trinajstić information content (AvgIpc) is 0.788. The summed E-state index contributed by atoms with van der Waals surface area (Å²) in [5.41, 5.74) is 7.54. The normalized spacial score (nSPS) is 13.1. The molecule has 2 aliphatic carbocycles. The molecule has 3 aromatic heterocycles. The van der Waals surface area contributed by atoms with Gasteiger partial charge in [-0.15, -0.1) is 0 Å². The first-order valence-electron chi connectivity index (χ1n) is 33.0. The van der Waals surface area contributed by atoms with E-state index in [1.807, 2.05) is 45.0 Å². The van der Waals surface area contributed by atoms with E-state index in [1.54, 1.807) is 81.9 Å². The molecule has 15 rings (SSSR count). The summed E-state index contributed by atoms with van der Waals surface area (Å²) in [6.45, 7) is 4.90. The van der Waals surface area contributed by atoms with Crippen molar-refractivity contribution in [1.29, 1.82) is 0 Å². The van der Waals surface area contributed by atoms with Gasteiger partial charge >= 0.3 is 29.8 Å². The van der Waals surface area contributed by atoms with Crippen molar-refractivity contribution in [3.63, 3.8) is 0 Å². The molecule has 109 heavy (non-hydrogen) atoms. The molecule has 0 bridgehead atoms. The van der Waals surface area contributed by atoms with Crippen molar-refractivity contribution < 1.29 is 81.7 Å². The molecular formula is C82H60Cl4F3N3O17. The second-order valence-electron chi connectivity index (χ2n) is 25.4. The van der Waals surface area contributed by atoms with Gasteiger partial charge in [0.2, 0.25) is 5.43 Å². The zero-order valence-corrected chi connectivity index (χ0v) is 61.0. The molecule has 0 radical (unpaired) electrons. The highest BCUT2D eigenvalue weighted by Gasteiger charge is 2.38. The third-order valence-corrected chi connectivity index (χ3v) is 20.1. The lowest BCUT2D eigenvalue weighted by molar-refractivity contribution is -0.138. The number of carboxylic acid groups (broad SMARTS) is 5. The summed E-state index contributed by atoms with van der Waals surface area (Å²) in [5, 5.41) is 49.2. The maximum absolute atomic E-state index is 14.1. The van der Waals surface area contributed by atoms with Crippen molar-refractivity contribution in [2.75, 3.05) is 14.2 Å². The van der Waals surface area contributed by atoms with E-state index in [1.165, 1.54) is 91.6 Å². The molecule has 0 aliphatic heterocycles. The number of carbonyl (C=O) groups is 7. The summed E-state index contributed by atoms with van der Waals surface area (Å²) in [7, 11) is 3.03. The third-order valence-electron chi connectivity index (χ3n) is 18.4. The molecule has 5 N–H and O–H groups in total. The van der Waals surface area contributed by atoms with Gasteiger partial charge in [-0.05, 0) is 187 Å². The van der Waals surface area contributed by atoms with Crippen molar-refractivity contribution in [2.45, 2.75) is 65.1 Å². The molecule has 3 heterocycles. The van der Waals surface area contributed by atoms with Crippen LogP contribution in [-0.4, -0.2) is 94.9 Å². The Kier molecular flexibility index (Phi) is 23.0. The topological polar surface area (TPSA) is 305 Å². The molecular weight excluding hydrogens is 1500 g/mol. The Labute approximate surface area is 635 Å². The van der Waals surface area contributed by atoms with Gasteiger partial charge in [0.05, 0.1) is 91.2 Å². The predicted molar refractivity (Wildman–Crippen MR) is 408 cm³/mol. The van der Waals surface area contributed by atoms with E-state index in [9.17, 15) is 71.3 Å². The maximum atomic E-state index is 14.1. The Morgan fingerprint density at radius 3 is 1.28 bits per heavy atom. The molecule has 2 aliphatic rings. The maximum Gasteiger partial charge on any atom is 0.323 e. The Morgan fingerprint density at radius 1 is 0.404 bits per heavy atom. The Morgan fingerprint density at radius 2 is 0.807 bits per heavy atom. The molecule has 0 spiro atoms. The van der Waals surface area contributed by atoms with E-state index in [0.717, 1.165) is 16.7 Å². The van der Waals surface area contributed by atoms with E-state index < -0.39 is 64.9 Å². The van der Waals surface area contributed by atoms with Crippen LogP contribution in [0.3, 0.4) is 0 Å². The monoisotopic (exact) mass is 1560 g/mol.